The Labute approximate surface area is 122 Å². The minimum atomic E-state index is -0.377. The van der Waals surface area contributed by atoms with Crippen LogP contribution in [0.2, 0.25) is 0 Å². The Hall–Kier alpha value is -1.60. The zero-order valence-electron chi connectivity index (χ0n) is 12.6. The van der Waals surface area contributed by atoms with E-state index in [0.29, 0.717) is 5.92 Å². The monoisotopic (exact) mass is 268 g/mol. The number of hydrogen-bond acceptors (Lipinski definition) is 1. The van der Waals surface area contributed by atoms with Crippen LogP contribution in [-0.4, -0.2) is 5.11 Å². The predicted octanol–water partition coefficient (Wildman–Crippen LogP) is 4.78. The summed E-state index contributed by atoms with van der Waals surface area (Å²) in [6.45, 7) is 6.46. The molecule has 20 heavy (non-hydrogen) atoms. The third-order valence-corrected chi connectivity index (χ3v) is 3.81. The second-order valence-corrected chi connectivity index (χ2v) is 5.86. The van der Waals surface area contributed by atoms with Crippen LogP contribution in [0.4, 0.5) is 0 Å². The summed E-state index contributed by atoms with van der Waals surface area (Å²) in [6, 6.07) is 16.9. The maximum atomic E-state index is 10.3. The van der Waals surface area contributed by atoms with E-state index in [9.17, 15) is 5.11 Å². The maximum Gasteiger partial charge on any atom is 0.0793 e. The van der Waals surface area contributed by atoms with Crippen molar-refractivity contribution in [1.29, 1.82) is 0 Å². The number of aliphatic hydroxyl groups is 1. The van der Waals surface area contributed by atoms with Gasteiger partial charge in [-0.1, -0.05) is 67.9 Å². The highest BCUT2D eigenvalue weighted by Crippen LogP contribution is 2.22. The number of aliphatic hydroxyl groups excluding tert-OH is 1. The first-order valence-corrected chi connectivity index (χ1v) is 7.39. The van der Waals surface area contributed by atoms with Gasteiger partial charge in [0, 0.05) is 0 Å². The second-order valence-electron chi connectivity index (χ2n) is 5.86. The van der Waals surface area contributed by atoms with Crippen LogP contribution in [0, 0.1) is 6.92 Å². The molecule has 0 saturated heterocycles. The highest BCUT2D eigenvalue weighted by atomic mass is 16.3. The van der Waals surface area contributed by atoms with Gasteiger partial charge in [0.05, 0.1) is 6.10 Å². The lowest BCUT2D eigenvalue weighted by Crippen LogP contribution is -2.00. The standard InChI is InChI=1S/C19H24O/c1-14(2)17-9-11-18(12-10-17)19(20)13-8-16-6-4-15(3)5-7-16/h4-7,9-12,14,19-20H,8,13H2,1-3H3. The van der Waals surface area contributed by atoms with Crippen molar-refractivity contribution in [2.45, 2.75) is 45.6 Å². The van der Waals surface area contributed by atoms with E-state index >= 15 is 0 Å². The highest BCUT2D eigenvalue weighted by Gasteiger charge is 2.08. The van der Waals surface area contributed by atoms with Gasteiger partial charge < -0.3 is 5.11 Å². The van der Waals surface area contributed by atoms with Crippen molar-refractivity contribution in [3.63, 3.8) is 0 Å². The third-order valence-electron chi connectivity index (χ3n) is 3.81. The molecule has 0 saturated carbocycles. The summed E-state index contributed by atoms with van der Waals surface area (Å²) < 4.78 is 0. The normalized spacial score (nSPS) is 12.7. The number of aryl methyl sites for hydroxylation is 2. The first kappa shape index (κ1) is 14.8. The summed E-state index contributed by atoms with van der Waals surface area (Å²) in [5.74, 6) is 0.536. The van der Waals surface area contributed by atoms with Crippen LogP contribution in [-0.2, 0) is 6.42 Å². The lowest BCUT2D eigenvalue weighted by Gasteiger charge is -2.13. The van der Waals surface area contributed by atoms with Crippen molar-refractivity contribution in [3.8, 4) is 0 Å². The molecule has 1 heteroatoms. The third kappa shape index (κ3) is 3.94. The second kappa shape index (κ2) is 6.71. The molecule has 0 aliphatic rings. The lowest BCUT2D eigenvalue weighted by atomic mass is 9.97. The van der Waals surface area contributed by atoms with Crippen LogP contribution in [0.15, 0.2) is 48.5 Å². The summed E-state index contributed by atoms with van der Waals surface area (Å²) >= 11 is 0. The largest absolute Gasteiger partial charge is 0.388 e. The topological polar surface area (TPSA) is 20.2 Å². The van der Waals surface area contributed by atoms with Crippen LogP contribution in [0.1, 0.15) is 54.5 Å². The molecule has 0 aromatic heterocycles. The van der Waals surface area contributed by atoms with Crippen LogP contribution >= 0.6 is 0 Å². The SMILES string of the molecule is Cc1ccc(CCC(O)c2ccc(C(C)C)cc2)cc1. The van der Waals surface area contributed by atoms with Gasteiger partial charge >= 0.3 is 0 Å². The molecule has 1 N–H and O–H groups in total. The van der Waals surface area contributed by atoms with E-state index in [4.69, 9.17) is 0 Å². The number of hydrogen-bond donors (Lipinski definition) is 1. The molecular weight excluding hydrogens is 244 g/mol. The fraction of sp³-hybridized carbons (Fsp3) is 0.368. The summed E-state index contributed by atoms with van der Waals surface area (Å²) in [6.07, 6.45) is 1.30. The molecule has 0 aliphatic heterocycles. The van der Waals surface area contributed by atoms with E-state index in [-0.39, 0.29) is 6.10 Å². The van der Waals surface area contributed by atoms with Crippen molar-refractivity contribution in [2.24, 2.45) is 0 Å². The Bertz CT molecular complexity index is 523. The molecule has 0 fully saturated rings. The Balaban J connectivity index is 1.94. The Morgan fingerprint density at radius 3 is 1.95 bits per heavy atom. The minimum Gasteiger partial charge on any atom is -0.388 e. The van der Waals surface area contributed by atoms with Gasteiger partial charge in [-0.05, 0) is 42.4 Å². The van der Waals surface area contributed by atoms with Gasteiger partial charge in [-0.25, -0.2) is 0 Å². The molecule has 1 unspecified atom stereocenters. The molecule has 0 radical (unpaired) electrons. The van der Waals surface area contributed by atoms with E-state index in [1.165, 1.54) is 16.7 Å². The van der Waals surface area contributed by atoms with Gasteiger partial charge in [0.1, 0.15) is 0 Å². The van der Waals surface area contributed by atoms with Gasteiger partial charge in [-0.3, -0.25) is 0 Å². The lowest BCUT2D eigenvalue weighted by molar-refractivity contribution is 0.168. The molecule has 0 aliphatic carbocycles. The van der Waals surface area contributed by atoms with E-state index in [1.807, 2.05) is 0 Å². The number of benzene rings is 2. The molecular formula is C19H24O. The molecule has 0 amide bonds. The number of rotatable bonds is 5. The van der Waals surface area contributed by atoms with Gasteiger partial charge in [0.2, 0.25) is 0 Å². The average Bonchev–Trinajstić information content (AvgIpc) is 2.46. The molecule has 0 heterocycles. The zero-order chi connectivity index (χ0) is 14.5. The van der Waals surface area contributed by atoms with Crippen molar-refractivity contribution in [1.82, 2.24) is 0 Å². The molecule has 0 bridgehead atoms. The van der Waals surface area contributed by atoms with Crippen molar-refractivity contribution >= 4 is 0 Å². The summed E-state index contributed by atoms with van der Waals surface area (Å²) in [5, 5.41) is 10.3. The maximum absolute atomic E-state index is 10.3. The van der Waals surface area contributed by atoms with Crippen LogP contribution < -0.4 is 0 Å². The molecule has 2 aromatic carbocycles. The Morgan fingerprint density at radius 1 is 0.850 bits per heavy atom. The van der Waals surface area contributed by atoms with Gasteiger partial charge in [-0.15, -0.1) is 0 Å². The van der Waals surface area contributed by atoms with E-state index < -0.39 is 0 Å². The van der Waals surface area contributed by atoms with Gasteiger partial charge in [0.25, 0.3) is 0 Å². The Morgan fingerprint density at radius 2 is 1.40 bits per heavy atom. The summed E-state index contributed by atoms with van der Waals surface area (Å²) in [7, 11) is 0. The zero-order valence-corrected chi connectivity index (χ0v) is 12.6. The minimum absolute atomic E-state index is 0.377. The first-order valence-electron chi connectivity index (χ1n) is 7.39. The van der Waals surface area contributed by atoms with Crippen molar-refractivity contribution in [2.75, 3.05) is 0 Å². The fourth-order valence-electron chi connectivity index (χ4n) is 2.33. The quantitative estimate of drug-likeness (QED) is 0.827. The van der Waals surface area contributed by atoms with E-state index in [1.54, 1.807) is 0 Å². The first-order chi connectivity index (χ1) is 9.56. The van der Waals surface area contributed by atoms with Crippen molar-refractivity contribution < 1.29 is 5.11 Å². The van der Waals surface area contributed by atoms with E-state index in [2.05, 4.69) is 69.3 Å². The van der Waals surface area contributed by atoms with Gasteiger partial charge in [0.15, 0.2) is 0 Å². The molecule has 1 nitrogen and oxygen atoms in total. The summed E-state index contributed by atoms with van der Waals surface area (Å²) in [4.78, 5) is 0. The average molecular weight is 268 g/mol. The van der Waals surface area contributed by atoms with Gasteiger partial charge in [-0.2, -0.15) is 0 Å². The smallest absolute Gasteiger partial charge is 0.0793 e. The van der Waals surface area contributed by atoms with Crippen LogP contribution in [0.3, 0.4) is 0 Å². The predicted molar refractivity (Wildman–Crippen MR) is 85.0 cm³/mol. The molecule has 1 atom stereocenters. The summed E-state index contributed by atoms with van der Waals surface area (Å²) in [5.41, 5.74) is 4.90. The van der Waals surface area contributed by atoms with Crippen molar-refractivity contribution in [3.05, 3.63) is 70.8 Å². The molecule has 106 valence electrons. The molecule has 2 rings (SSSR count). The highest BCUT2D eigenvalue weighted by molar-refractivity contribution is 5.26. The Kier molecular flexibility index (Phi) is 4.97. The molecule has 2 aromatic rings. The van der Waals surface area contributed by atoms with Crippen LogP contribution in [0.5, 0.6) is 0 Å². The molecule has 0 spiro atoms. The fourth-order valence-corrected chi connectivity index (χ4v) is 2.33. The van der Waals surface area contributed by atoms with Crippen LogP contribution in [0.25, 0.3) is 0 Å². The van der Waals surface area contributed by atoms with E-state index in [0.717, 1.165) is 18.4 Å².